The molecule has 4 aliphatic rings. The van der Waals surface area contributed by atoms with Crippen LogP contribution in [0.1, 0.15) is 64.8 Å². The second kappa shape index (κ2) is 7.15. The molecule has 1 N–H and O–H groups in total. The van der Waals surface area contributed by atoms with Gasteiger partial charge in [0.05, 0.1) is 12.7 Å². The molecule has 0 aromatic heterocycles. The summed E-state index contributed by atoms with van der Waals surface area (Å²) in [6.45, 7) is 0. The maximum absolute atomic E-state index is 12.7. The third-order valence-electron chi connectivity index (χ3n) is 7.36. The number of esters is 1. The molecule has 6 rings (SSSR count). The van der Waals surface area contributed by atoms with E-state index in [0.717, 1.165) is 42.6 Å². The van der Waals surface area contributed by atoms with Gasteiger partial charge in [-0.15, -0.1) is 0 Å². The zero-order valence-electron chi connectivity index (χ0n) is 17.1. The van der Waals surface area contributed by atoms with E-state index in [1.807, 2.05) is 12.1 Å². The Kier molecular flexibility index (Phi) is 4.57. The highest BCUT2D eigenvalue weighted by atomic mass is 16.6. The summed E-state index contributed by atoms with van der Waals surface area (Å²) < 4.78 is 11.4. The number of carbonyl (C=O) groups excluding carboxylic acids is 1. The fraction of sp³-hybridized carbons (Fsp3) is 0.440. The third-order valence-corrected chi connectivity index (χ3v) is 7.36. The van der Waals surface area contributed by atoms with Crippen LogP contribution in [0.5, 0.6) is 11.5 Å². The van der Waals surface area contributed by atoms with Crippen molar-refractivity contribution in [2.24, 2.45) is 17.8 Å². The van der Waals surface area contributed by atoms with E-state index in [2.05, 4.69) is 0 Å². The van der Waals surface area contributed by atoms with E-state index in [-0.39, 0.29) is 16.7 Å². The number of carbonyl (C=O) groups is 2. The van der Waals surface area contributed by atoms with Gasteiger partial charge in [-0.3, -0.25) is 0 Å². The van der Waals surface area contributed by atoms with Gasteiger partial charge in [-0.05, 0) is 79.9 Å². The minimum Gasteiger partial charge on any atom is -0.492 e. The van der Waals surface area contributed by atoms with E-state index in [1.54, 1.807) is 30.3 Å². The van der Waals surface area contributed by atoms with Crippen molar-refractivity contribution in [1.82, 2.24) is 0 Å². The molecule has 156 valence electrons. The van der Waals surface area contributed by atoms with Crippen LogP contribution < -0.4 is 9.47 Å². The Morgan fingerprint density at radius 1 is 0.900 bits per heavy atom. The summed E-state index contributed by atoms with van der Waals surface area (Å²) in [5.41, 5.74) is 1.32. The van der Waals surface area contributed by atoms with Gasteiger partial charge < -0.3 is 14.6 Å². The molecule has 0 radical (unpaired) electrons. The second-order valence-electron chi connectivity index (χ2n) is 9.28. The Hall–Kier alpha value is -2.82. The first-order chi connectivity index (χ1) is 14.5. The summed E-state index contributed by atoms with van der Waals surface area (Å²) in [4.78, 5) is 24.7. The molecule has 0 amide bonds. The fourth-order valence-electron chi connectivity index (χ4n) is 6.62. The highest BCUT2D eigenvalue weighted by Crippen LogP contribution is 2.62. The summed E-state index contributed by atoms with van der Waals surface area (Å²) in [6, 6.07) is 12.1. The lowest BCUT2D eigenvalue weighted by Gasteiger charge is -2.57. The molecule has 0 unspecified atom stereocenters. The van der Waals surface area contributed by atoms with Crippen molar-refractivity contribution in [2.75, 3.05) is 7.11 Å². The van der Waals surface area contributed by atoms with Gasteiger partial charge in [0.15, 0.2) is 11.5 Å². The molecule has 0 atom stereocenters. The Morgan fingerprint density at radius 3 is 2.03 bits per heavy atom. The zero-order valence-corrected chi connectivity index (χ0v) is 17.1. The summed E-state index contributed by atoms with van der Waals surface area (Å²) in [7, 11) is 1.53. The lowest BCUT2D eigenvalue weighted by molar-refractivity contribution is -0.00635. The minimum absolute atomic E-state index is 0.00890. The number of ether oxygens (including phenoxy) is 2. The number of aromatic carboxylic acids is 1. The van der Waals surface area contributed by atoms with Crippen LogP contribution in [0.2, 0.25) is 0 Å². The average Bonchev–Trinajstić information content (AvgIpc) is 2.72. The number of rotatable bonds is 5. The first kappa shape index (κ1) is 19.2. The normalized spacial score (nSPS) is 28.9. The molecule has 2 aromatic rings. The maximum Gasteiger partial charge on any atom is 0.343 e. The van der Waals surface area contributed by atoms with Gasteiger partial charge in [0.25, 0.3) is 0 Å². The predicted molar refractivity (Wildman–Crippen MR) is 111 cm³/mol. The van der Waals surface area contributed by atoms with Crippen molar-refractivity contribution >= 4 is 11.9 Å². The van der Waals surface area contributed by atoms with Crippen molar-refractivity contribution in [2.45, 2.75) is 43.9 Å². The largest absolute Gasteiger partial charge is 0.492 e. The van der Waals surface area contributed by atoms with Gasteiger partial charge in [-0.2, -0.15) is 0 Å². The van der Waals surface area contributed by atoms with Crippen LogP contribution in [-0.2, 0) is 5.41 Å². The van der Waals surface area contributed by atoms with E-state index in [4.69, 9.17) is 9.47 Å². The molecule has 30 heavy (non-hydrogen) atoms. The van der Waals surface area contributed by atoms with Crippen molar-refractivity contribution in [3.63, 3.8) is 0 Å². The van der Waals surface area contributed by atoms with Crippen molar-refractivity contribution in [3.05, 3.63) is 59.2 Å². The van der Waals surface area contributed by atoms with Crippen molar-refractivity contribution in [1.29, 1.82) is 0 Å². The number of hydrogen-bond donors (Lipinski definition) is 1. The van der Waals surface area contributed by atoms with Crippen LogP contribution in [0.15, 0.2) is 42.5 Å². The zero-order chi connectivity index (χ0) is 20.9. The lowest BCUT2D eigenvalue weighted by atomic mass is 9.48. The molecular weight excluding hydrogens is 380 g/mol. The van der Waals surface area contributed by atoms with Gasteiger partial charge >= 0.3 is 11.9 Å². The molecule has 4 aliphatic carbocycles. The smallest absolute Gasteiger partial charge is 0.343 e. The first-order valence-corrected chi connectivity index (χ1v) is 10.7. The summed E-state index contributed by atoms with van der Waals surface area (Å²) >= 11 is 0. The van der Waals surface area contributed by atoms with Crippen LogP contribution >= 0.6 is 0 Å². The lowest BCUT2D eigenvalue weighted by Crippen LogP contribution is -2.48. The Balaban J connectivity index is 1.59. The number of methoxy groups -OCH3 is 1. The van der Waals surface area contributed by atoms with Crippen molar-refractivity contribution < 1.29 is 24.2 Å². The van der Waals surface area contributed by atoms with Crippen LogP contribution in [0.3, 0.4) is 0 Å². The third kappa shape index (κ3) is 3.08. The maximum atomic E-state index is 12.7. The standard InChI is InChI=1S/C25H26O5/c1-29-22-20(25-12-15-9-16(13-25)11-17(10-15)14-25)8-7-19(23(26)27)21(22)30-24(28)18-5-3-2-4-6-18/h2-8,15-17H,9-14H2,1H3,(H,26,27). The van der Waals surface area contributed by atoms with Gasteiger partial charge in [0.2, 0.25) is 0 Å². The number of carboxylic acid groups (broad SMARTS) is 1. The molecule has 4 fully saturated rings. The van der Waals surface area contributed by atoms with Crippen molar-refractivity contribution in [3.8, 4) is 11.5 Å². The fourth-order valence-corrected chi connectivity index (χ4v) is 6.62. The molecule has 5 nitrogen and oxygen atoms in total. The van der Waals surface area contributed by atoms with Crippen LogP contribution in [0.25, 0.3) is 0 Å². The number of carboxylic acids is 1. The van der Waals surface area contributed by atoms with Gasteiger partial charge in [-0.25, -0.2) is 9.59 Å². The molecule has 4 bridgehead atoms. The van der Waals surface area contributed by atoms with Crippen LogP contribution in [0.4, 0.5) is 0 Å². The molecule has 0 spiro atoms. The topological polar surface area (TPSA) is 72.8 Å². The Morgan fingerprint density at radius 2 is 1.50 bits per heavy atom. The van der Waals surface area contributed by atoms with Gasteiger partial charge in [0, 0.05) is 5.56 Å². The second-order valence-corrected chi connectivity index (χ2v) is 9.28. The SMILES string of the molecule is COc1c(C23CC4CC(CC(C4)C2)C3)ccc(C(=O)O)c1OC(=O)c1ccccc1. The minimum atomic E-state index is -1.14. The summed E-state index contributed by atoms with van der Waals surface area (Å²) in [5, 5.41) is 9.75. The van der Waals surface area contributed by atoms with E-state index in [1.165, 1.54) is 26.4 Å². The highest BCUT2D eigenvalue weighted by Gasteiger charge is 2.53. The van der Waals surface area contributed by atoms with E-state index < -0.39 is 11.9 Å². The van der Waals surface area contributed by atoms with E-state index in [0.29, 0.717) is 11.3 Å². The summed E-state index contributed by atoms with van der Waals surface area (Å²) in [6.07, 6.45) is 7.25. The number of hydrogen-bond acceptors (Lipinski definition) is 4. The molecule has 2 aromatic carbocycles. The summed E-state index contributed by atoms with van der Waals surface area (Å²) in [5.74, 6) is 0.898. The van der Waals surface area contributed by atoms with Crippen LogP contribution in [0, 0.1) is 17.8 Å². The quantitative estimate of drug-likeness (QED) is 0.554. The molecular formula is C25H26O5. The Labute approximate surface area is 176 Å². The van der Waals surface area contributed by atoms with Gasteiger partial charge in [-0.1, -0.05) is 24.3 Å². The van der Waals surface area contributed by atoms with E-state index in [9.17, 15) is 14.7 Å². The molecule has 4 saturated carbocycles. The monoisotopic (exact) mass is 406 g/mol. The molecule has 5 heteroatoms. The molecule has 0 heterocycles. The predicted octanol–water partition coefficient (Wildman–Crippen LogP) is 5.08. The first-order valence-electron chi connectivity index (χ1n) is 10.7. The highest BCUT2D eigenvalue weighted by molar-refractivity contribution is 5.96. The molecule has 0 saturated heterocycles. The average molecular weight is 406 g/mol. The molecule has 0 aliphatic heterocycles. The van der Waals surface area contributed by atoms with E-state index >= 15 is 0 Å². The number of benzene rings is 2. The van der Waals surface area contributed by atoms with Gasteiger partial charge in [0.1, 0.15) is 5.56 Å². The Bertz CT molecular complexity index is 959. The van der Waals surface area contributed by atoms with Crippen LogP contribution in [-0.4, -0.2) is 24.2 Å².